The third-order valence-corrected chi connectivity index (χ3v) is 5.92. The second kappa shape index (κ2) is 8.47. The average molecular weight is 396 g/mol. The Hall–Kier alpha value is -2.51. The molecule has 154 valence electrons. The number of aromatic nitrogens is 2. The van der Waals surface area contributed by atoms with Gasteiger partial charge < -0.3 is 20.3 Å². The molecule has 0 aliphatic carbocycles. The predicted molar refractivity (Wildman–Crippen MR) is 112 cm³/mol. The first-order chi connectivity index (χ1) is 14.0. The van der Waals surface area contributed by atoms with Gasteiger partial charge in [0, 0.05) is 44.0 Å². The van der Waals surface area contributed by atoms with Crippen molar-refractivity contribution in [2.75, 3.05) is 31.6 Å². The number of aryl methyl sites for hydroxylation is 1. The molecule has 2 aromatic rings. The van der Waals surface area contributed by atoms with Gasteiger partial charge in [-0.2, -0.15) is 0 Å². The molecule has 1 atom stereocenters. The molecule has 2 N–H and O–H groups in total. The number of nitrogens with zero attached hydrogens (tertiary/aromatic N) is 3. The van der Waals surface area contributed by atoms with Gasteiger partial charge in [-0.25, -0.2) is 9.97 Å². The van der Waals surface area contributed by atoms with Gasteiger partial charge >= 0.3 is 0 Å². The summed E-state index contributed by atoms with van der Waals surface area (Å²) in [6.45, 7) is 8.16. The Balaban J connectivity index is 1.41. The first kappa shape index (κ1) is 19.8. The van der Waals surface area contributed by atoms with E-state index in [2.05, 4.69) is 43.7 Å². The van der Waals surface area contributed by atoms with Crippen molar-refractivity contribution in [1.29, 1.82) is 0 Å². The van der Waals surface area contributed by atoms with E-state index in [0.29, 0.717) is 6.04 Å². The van der Waals surface area contributed by atoms with E-state index in [1.807, 2.05) is 13.8 Å². The number of rotatable bonds is 5. The summed E-state index contributed by atoms with van der Waals surface area (Å²) < 4.78 is 5.52. The van der Waals surface area contributed by atoms with Crippen molar-refractivity contribution in [3.63, 3.8) is 0 Å². The number of nitrogens with one attached hydrogen (secondary N) is 2. The minimum atomic E-state index is -0.249. The number of hydrogen-bond donors (Lipinski definition) is 2. The van der Waals surface area contributed by atoms with E-state index in [0.717, 1.165) is 62.8 Å². The normalized spacial score (nSPS) is 18.6. The quantitative estimate of drug-likeness (QED) is 0.805. The molecule has 2 aliphatic rings. The zero-order chi connectivity index (χ0) is 20.4. The Bertz CT molecular complexity index is 914. The largest absolute Gasteiger partial charge is 0.376 e. The lowest BCUT2D eigenvalue weighted by Gasteiger charge is -2.21. The summed E-state index contributed by atoms with van der Waals surface area (Å²) in [6.07, 6.45) is 2.05. The zero-order valence-corrected chi connectivity index (χ0v) is 17.4. The topological polar surface area (TPSA) is 79.4 Å². The molecule has 1 saturated heterocycles. The van der Waals surface area contributed by atoms with Gasteiger partial charge in [-0.1, -0.05) is 18.2 Å². The highest BCUT2D eigenvalue weighted by Crippen LogP contribution is 2.24. The van der Waals surface area contributed by atoms with Gasteiger partial charge in [0.15, 0.2) is 0 Å². The summed E-state index contributed by atoms with van der Waals surface area (Å²) in [5, 5.41) is 6.30. The molecule has 1 fully saturated rings. The summed E-state index contributed by atoms with van der Waals surface area (Å²) in [4.78, 5) is 23.1. The van der Waals surface area contributed by atoms with E-state index in [-0.39, 0.29) is 11.7 Å². The maximum absolute atomic E-state index is 12.0. The number of anilines is 1. The van der Waals surface area contributed by atoms with Crippen molar-refractivity contribution in [3.8, 4) is 0 Å². The van der Waals surface area contributed by atoms with Crippen LogP contribution in [0.15, 0.2) is 18.2 Å². The van der Waals surface area contributed by atoms with Crippen LogP contribution in [0.25, 0.3) is 0 Å². The molecule has 0 unspecified atom stereocenters. The van der Waals surface area contributed by atoms with Crippen LogP contribution in [0.3, 0.4) is 0 Å². The van der Waals surface area contributed by atoms with Crippen molar-refractivity contribution in [1.82, 2.24) is 20.6 Å². The monoisotopic (exact) mass is 395 g/mol. The van der Waals surface area contributed by atoms with Crippen molar-refractivity contribution < 1.29 is 9.53 Å². The van der Waals surface area contributed by atoms with Gasteiger partial charge in [-0.15, -0.1) is 0 Å². The van der Waals surface area contributed by atoms with Crippen LogP contribution >= 0.6 is 0 Å². The molecule has 0 spiro atoms. The Morgan fingerprint density at radius 2 is 2.14 bits per heavy atom. The minimum absolute atomic E-state index is 0.236. The van der Waals surface area contributed by atoms with Crippen molar-refractivity contribution in [3.05, 3.63) is 52.0 Å². The lowest BCUT2D eigenvalue weighted by atomic mass is 10.0. The SMILES string of the molecule is CNC(=O)c1nc(C)c(C)c(N2CC[C@@H](NCc3ccc4c(c3)CCOC4)C2)n1. The molecule has 1 aromatic heterocycles. The number of carbonyl (C=O) groups excluding carboxylic acids is 1. The van der Waals surface area contributed by atoms with Gasteiger partial charge in [0.2, 0.25) is 5.82 Å². The van der Waals surface area contributed by atoms with E-state index < -0.39 is 0 Å². The lowest BCUT2D eigenvalue weighted by Crippen LogP contribution is -2.33. The highest BCUT2D eigenvalue weighted by Gasteiger charge is 2.26. The summed E-state index contributed by atoms with van der Waals surface area (Å²) >= 11 is 0. The van der Waals surface area contributed by atoms with Crippen LogP contribution in [-0.2, 0) is 24.3 Å². The standard InChI is InChI=1S/C22H29N5O2/c1-14-15(2)25-20(22(28)23-3)26-21(14)27-8-6-19(12-27)24-11-16-4-5-18-13-29-9-7-17(18)10-16/h4-5,10,19,24H,6-9,11-13H2,1-3H3,(H,23,28)/t19-/m1/s1. The van der Waals surface area contributed by atoms with Crippen LogP contribution in [0.1, 0.15) is 45.0 Å². The first-order valence-electron chi connectivity index (χ1n) is 10.3. The third kappa shape index (κ3) is 4.26. The highest BCUT2D eigenvalue weighted by molar-refractivity contribution is 5.90. The van der Waals surface area contributed by atoms with E-state index in [1.165, 1.54) is 16.7 Å². The number of ether oxygens (including phenoxy) is 1. The van der Waals surface area contributed by atoms with Gasteiger partial charge in [-0.3, -0.25) is 4.79 Å². The molecule has 0 bridgehead atoms. The van der Waals surface area contributed by atoms with Gasteiger partial charge in [0.05, 0.1) is 13.2 Å². The third-order valence-electron chi connectivity index (χ3n) is 5.92. The second-order valence-electron chi connectivity index (χ2n) is 7.88. The molecule has 2 aliphatic heterocycles. The highest BCUT2D eigenvalue weighted by atomic mass is 16.5. The fourth-order valence-corrected chi connectivity index (χ4v) is 4.04. The Morgan fingerprint density at radius 3 is 2.97 bits per heavy atom. The number of amides is 1. The average Bonchev–Trinajstić information content (AvgIpc) is 3.22. The summed E-state index contributed by atoms with van der Waals surface area (Å²) in [6, 6.07) is 7.10. The molecule has 7 heteroatoms. The predicted octanol–water partition coefficient (Wildman–Crippen LogP) is 1.89. The number of carbonyl (C=O) groups is 1. The summed E-state index contributed by atoms with van der Waals surface area (Å²) in [5.41, 5.74) is 5.93. The van der Waals surface area contributed by atoms with Crippen LogP contribution in [-0.4, -0.2) is 48.7 Å². The molecule has 0 radical (unpaired) electrons. The Kier molecular flexibility index (Phi) is 5.78. The van der Waals surface area contributed by atoms with E-state index in [1.54, 1.807) is 7.05 Å². The number of hydrogen-bond acceptors (Lipinski definition) is 6. The molecule has 3 heterocycles. The fourth-order valence-electron chi connectivity index (χ4n) is 4.04. The van der Waals surface area contributed by atoms with Crippen molar-refractivity contribution in [2.45, 2.75) is 45.9 Å². The molecule has 4 rings (SSSR count). The molecule has 1 aromatic carbocycles. The van der Waals surface area contributed by atoms with Crippen LogP contribution in [0.2, 0.25) is 0 Å². The van der Waals surface area contributed by atoms with Crippen molar-refractivity contribution >= 4 is 11.7 Å². The summed E-state index contributed by atoms with van der Waals surface area (Å²) in [5.74, 6) is 0.857. The lowest BCUT2D eigenvalue weighted by molar-refractivity contribution is 0.0952. The molecule has 7 nitrogen and oxygen atoms in total. The van der Waals surface area contributed by atoms with Crippen LogP contribution < -0.4 is 15.5 Å². The van der Waals surface area contributed by atoms with Crippen LogP contribution in [0.5, 0.6) is 0 Å². The van der Waals surface area contributed by atoms with E-state index in [4.69, 9.17) is 4.74 Å². The fraction of sp³-hybridized carbons (Fsp3) is 0.500. The molecular formula is C22H29N5O2. The number of fused-ring (bicyclic) bond motifs is 1. The van der Waals surface area contributed by atoms with Crippen LogP contribution in [0, 0.1) is 13.8 Å². The smallest absolute Gasteiger partial charge is 0.288 e. The maximum Gasteiger partial charge on any atom is 0.288 e. The molecule has 0 saturated carbocycles. The zero-order valence-electron chi connectivity index (χ0n) is 17.4. The first-order valence-corrected chi connectivity index (χ1v) is 10.3. The van der Waals surface area contributed by atoms with E-state index >= 15 is 0 Å². The van der Waals surface area contributed by atoms with Gasteiger partial charge in [-0.05, 0) is 43.4 Å². The Labute approximate surface area is 171 Å². The van der Waals surface area contributed by atoms with Gasteiger partial charge in [0.25, 0.3) is 5.91 Å². The molecular weight excluding hydrogens is 366 g/mol. The van der Waals surface area contributed by atoms with E-state index in [9.17, 15) is 4.79 Å². The van der Waals surface area contributed by atoms with Crippen molar-refractivity contribution in [2.24, 2.45) is 0 Å². The number of benzene rings is 1. The van der Waals surface area contributed by atoms with Crippen LogP contribution in [0.4, 0.5) is 5.82 Å². The minimum Gasteiger partial charge on any atom is -0.376 e. The summed E-state index contributed by atoms with van der Waals surface area (Å²) in [7, 11) is 1.60. The maximum atomic E-state index is 12.0. The Morgan fingerprint density at radius 1 is 1.28 bits per heavy atom. The molecule has 29 heavy (non-hydrogen) atoms. The molecule has 1 amide bonds. The second-order valence-corrected chi connectivity index (χ2v) is 7.88. The van der Waals surface area contributed by atoms with Gasteiger partial charge in [0.1, 0.15) is 5.82 Å².